The molecule has 0 aromatic carbocycles. The minimum Gasteiger partial charge on any atom is -0.465 e. The fraction of sp³-hybridized carbons (Fsp3) is 0.870. The van der Waals surface area contributed by atoms with Crippen LogP contribution in [0, 0.1) is 19.1 Å². The van der Waals surface area contributed by atoms with Gasteiger partial charge in [-0.1, -0.05) is 181 Å². The number of carbonyl (C=O) groups excluding carboxylic acids is 2. The maximum absolute atomic E-state index is 12.9. The molecular formula is C46H81N3O4. The first-order valence-electron chi connectivity index (χ1n) is 22.6. The van der Waals surface area contributed by atoms with Gasteiger partial charge in [-0.25, -0.2) is 0 Å². The highest BCUT2D eigenvalue weighted by atomic mass is 16.5. The van der Waals surface area contributed by atoms with E-state index >= 15 is 0 Å². The van der Waals surface area contributed by atoms with E-state index in [1.165, 1.54) is 154 Å². The van der Waals surface area contributed by atoms with Gasteiger partial charge in [-0.05, 0) is 44.4 Å². The third-order valence-electron chi connectivity index (χ3n) is 11.1. The van der Waals surface area contributed by atoms with Crippen LogP contribution in [-0.4, -0.2) is 49.2 Å². The van der Waals surface area contributed by atoms with Gasteiger partial charge in [-0.2, -0.15) is 9.69 Å². The van der Waals surface area contributed by atoms with Crippen LogP contribution in [0.4, 0.5) is 0 Å². The molecule has 1 saturated carbocycles. The lowest BCUT2D eigenvalue weighted by Crippen LogP contribution is -2.44. The zero-order valence-corrected chi connectivity index (χ0v) is 34.7. The molecule has 0 aromatic rings. The van der Waals surface area contributed by atoms with Crippen molar-refractivity contribution >= 4 is 11.9 Å². The summed E-state index contributed by atoms with van der Waals surface area (Å²) in [6.45, 7) is 20.0. The fourth-order valence-electron chi connectivity index (χ4n) is 7.65. The topological polar surface area (TPSA) is 64.6 Å². The Morgan fingerprint density at radius 1 is 0.509 bits per heavy atom. The van der Waals surface area contributed by atoms with Crippen molar-refractivity contribution in [1.82, 2.24) is 4.90 Å². The van der Waals surface area contributed by atoms with Crippen molar-refractivity contribution in [2.75, 3.05) is 26.3 Å². The van der Waals surface area contributed by atoms with Crippen LogP contribution >= 0.6 is 0 Å². The van der Waals surface area contributed by atoms with Gasteiger partial charge in [-0.15, -0.1) is 0 Å². The molecule has 0 spiro atoms. The average molecular weight is 740 g/mol. The predicted molar refractivity (Wildman–Crippen MR) is 221 cm³/mol. The standard InChI is InChI=1S/C46H81N3O4/c1-5-7-9-11-13-15-17-19-21-23-25-27-29-31-37-52-45(50)40-49(43-35-33-42(34-36-43)39-44(47-3)48-4)41-46(51)53-38-32-30-28-26-24-22-20-18-16-14-12-10-8-6-2/h39,42-43H,5-38,40-41H2,1-2H3. The van der Waals surface area contributed by atoms with Gasteiger partial charge in [-0.3, -0.25) is 14.5 Å². The summed E-state index contributed by atoms with van der Waals surface area (Å²) < 4.78 is 11.3. The van der Waals surface area contributed by atoms with Gasteiger partial charge in [0.05, 0.1) is 26.3 Å². The number of nitrogens with zero attached hydrogens (tertiary/aromatic N) is 3. The second-order valence-electron chi connectivity index (χ2n) is 15.9. The lowest BCUT2D eigenvalue weighted by Gasteiger charge is -2.35. The van der Waals surface area contributed by atoms with Crippen molar-refractivity contribution in [1.29, 1.82) is 0 Å². The van der Waals surface area contributed by atoms with E-state index in [4.69, 9.17) is 22.6 Å². The Hall–Kier alpha value is -2.38. The monoisotopic (exact) mass is 740 g/mol. The number of unbranched alkanes of at least 4 members (excludes halogenated alkanes) is 26. The Morgan fingerprint density at radius 2 is 0.811 bits per heavy atom. The normalized spacial score (nSPS) is 15.5. The lowest BCUT2D eigenvalue weighted by molar-refractivity contribution is -0.150. The number of allylic oxidation sites excluding steroid dienone is 1. The summed E-state index contributed by atoms with van der Waals surface area (Å²) in [5.41, 5.74) is 0. The molecule has 0 bridgehead atoms. The number of ether oxygens (including phenoxy) is 2. The zero-order chi connectivity index (χ0) is 38.5. The Kier molecular flexibility index (Phi) is 33.6. The van der Waals surface area contributed by atoms with Crippen LogP contribution < -0.4 is 0 Å². The molecule has 0 saturated heterocycles. The van der Waals surface area contributed by atoms with Crippen molar-refractivity contribution in [3.63, 3.8) is 0 Å². The van der Waals surface area contributed by atoms with Crippen LogP contribution in [0.15, 0.2) is 11.9 Å². The lowest BCUT2D eigenvalue weighted by atomic mass is 9.85. The van der Waals surface area contributed by atoms with Gasteiger partial charge in [0.15, 0.2) is 0 Å². The Morgan fingerprint density at radius 3 is 1.11 bits per heavy atom. The van der Waals surface area contributed by atoms with E-state index in [-0.39, 0.29) is 42.8 Å². The maximum Gasteiger partial charge on any atom is 0.515 e. The Bertz CT molecular complexity index is 928. The smallest absolute Gasteiger partial charge is 0.465 e. The molecule has 0 amide bonds. The highest BCUT2D eigenvalue weighted by Crippen LogP contribution is 2.30. The van der Waals surface area contributed by atoms with E-state index in [0.29, 0.717) is 13.2 Å². The number of hydrogen-bond donors (Lipinski definition) is 0. The van der Waals surface area contributed by atoms with E-state index in [9.17, 15) is 9.59 Å². The molecule has 0 heterocycles. The van der Waals surface area contributed by atoms with Crippen LogP contribution in [-0.2, 0) is 19.1 Å². The van der Waals surface area contributed by atoms with Crippen molar-refractivity contribution in [3.05, 3.63) is 34.7 Å². The molecule has 0 atom stereocenters. The third kappa shape index (κ3) is 29.6. The van der Waals surface area contributed by atoms with Crippen molar-refractivity contribution < 1.29 is 19.1 Å². The van der Waals surface area contributed by atoms with Crippen molar-refractivity contribution in [2.45, 2.75) is 225 Å². The molecule has 0 aromatic heterocycles. The van der Waals surface area contributed by atoms with Gasteiger partial charge < -0.3 is 9.47 Å². The highest BCUT2D eigenvalue weighted by molar-refractivity contribution is 5.75. The van der Waals surface area contributed by atoms with Crippen molar-refractivity contribution in [2.24, 2.45) is 5.92 Å². The van der Waals surface area contributed by atoms with Crippen LogP contribution in [0.5, 0.6) is 0 Å². The summed E-state index contributed by atoms with van der Waals surface area (Å²) in [6.07, 6.45) is 41.2. The van der Waals surface area contributed by atoms with Gasteiger partial charge in [0, 0.05) is 12.1 Å². The molecule has 7 heteroatoms. The molecule has 0 N–H and O–H groups in total. The third-order valence-corrected chi connectivity index (χ3v) is 11.1. The van der Waals surface area contributed by atoms with Crippen molar-refractivity contribution in [3.8, 4) is 0 Å². The molecule has 304 valence electrons. The minimum atomic E-state index is -0.273. The molecule has 1 rings (SSSR count). The quantitative estimate of drug-likeness (QED) is 0.0364. The van der Waals surface area contributed by atoms with E-state index < -0.39 is 0 Å². The number of hydrogen-bond acceptors (Lipinski definition) is 5. The molecule has 7 nitrogen and oxygen atoms in total. The predicted octanol–water partition coefficient (Wildman–Crippen LogP) is 13.6. The number of esters is 2. The first-order valence-corrected chi connectivity index (χ1v) is 22.6. The summed E-state index contributed by atoms with van der Waals surface area (Å²) in [5.74, 6) is -0.232. The molecule has 0 unspecified atom stereocenters. The summed E-state index contributed by atoms with van der Waals surface area (Å²) in [6, 6.07) is 0.0752. The second-order valence-corrected chi connectivity index (χ2v) is 15.9. The van der Waals surface area contributed by atoms with Crippen LogP contribution in [0.1, 0.15) is 219 Å². The van der Waals surface area contributed by atoms with Gasteiger partial charge in [0.1, 0.15) is 13.1 Å². The van der Waals surface area contributed by atoms with Crippen LogP contribution in [0.3, 0.4) is 0 Å². The molecule has 0 aliphatic heterocycles. The Balaban J connectivity index is 2.29. The largest absolute Gasteiger partial charge is 0.515 e. The van der Waals surface area contributed by atoms with E-state index in [2.05, 4.69) is 23.5 Å². The summed E-state index contributed by atoms with van der Waals surface area (Å²) >= 11 is 0. The van der Waals surface area contributed by atoms with Gasteiger partial charge >= 0.3 is 17.8 Å². The van der Waals surface area contributed by atoms with E-state index in [1.54, 1.807) is 6.08 Å². The Labute approximate surface area is 327 Å². The molecule has 1 aliphatic rings. The summed E-state index contributed by atoms with van der Waals surface area (Å²) in [5, 5.41) is 0. The molecule has 0 radical (unpaired) electrons. The highest BCUT2D eigenvalue weighted by Gasteiger charge is 2.29. The average Bonchev–Trinajstić information content (AvgIpc) is 3.16. The zero-order valence-electron chi connectivity index (χ0n) is 34.7. The van der Waals surface area contributed by atoms with Crippen LogP contribution in [0.2, 0.25) is 0 Å². The number of carbonyl (C=O) groups is 2. The van der Waals surface area contributed by atoms with Crippen LogP contribution in [0.25, 0.3) is 9.69 Å². The van der Waals surface area contributed by atoms with E-state index in [0.717, 1.165) is 51.4 Å². The maximum atomic E-state index is 12.9. The number of rotatable bonds is 36. The molecule has 53 heavy (non-hydrogen) atoms. The first-order chi connectivity index (χ1) is 26.0. The van der Waals surface area contributed by atoms with Gasteiger partial charge in [0.25, 0.3) is 0 Å². The molecular weight excluding hydrogens is 659 g/mol. The van der Waals surface area contributed by atoms with Gasteiger partial charge in [0.2, 0.25) is 0 Å². The molecule has 1 aliphatic carbocycles. The summed E-state index contributed by atoms with van der Waals surface area (Å²) in [4.78, 5) is 34.4. The van der Waals surface area contributed by atoms with E-state index in [1.807, 2.05) is 4.90 Å². The SMILES string of the molecule is [C-]#[N+]C(=CC1CCC(N(CC(=O)OCCCCCCCCCCCCCCCC)CC(=O)OCCCCCCCCCCCCCCCC)CC1)[N+]#[C-]. The first kappa shape index (κ1) is 48.6. The summed E-state index contributed by atoms with van der Waals surface area (Å²) in [7, 11) is 0. The minimum absolute atomic E-state index is 0.0752. The fourth-order valence-corrected chi connectivity index (χ4v) is 7.65. The second kappa shape index (κ2) is 36.6. The molecule has 1 fully saturated rings.